The Bertz CT molecular complexity index is 5120. The summed E-state index contributed by atoms with van der Waals surface area (Å²) in [4.78, 5) is 277. The maximum atomic E-state index is 14.9. The number of amides is 14. The molecule has 0 radical (unpaired) electrons. The van der Waals surface area contributed by atoms with E-state index >= 15 is 0 Å². The average Bonchev–Trinajstić information content (AvgIpc) is 1.60. The average molecular weight is 1770 g/mol. The first kappa shape index (κ1) is 97.6. The lowest BCUT2D eigenvalue weighted by Crippen LogP contribution is -2.61. The topological polar surface area (TPSA) is 766 Å². The van der Waals surface area contributed by atoms with Crippen molar-refractivity contribution in [3.8, 4) is 11.1 Å². The number of anilines is 1. The number of hydrogen-bond donors (Lipinski definition) is 23. The monoisotopic (exact) mass is 1770 g/mol. The summed E-state index contributed by atoms with van der Waals surface area (Å²) in [6.07, 6.45) is -10.2. The van der Waals surface area contributed by atoms with E-state index in [2.05, 4.69) is 52.8 Å². The van der Waals surface area contributed by atoms with Gasteiger partial charge in [-0.3, -0.25) is 90.9 Å². The quantitative estimate of drug-likeness (QED) is 0.00669. The third kappa shape index (κ3) is 28.5. The first-order valence-electron chi connectivity index (χ1n) is 38.3. The highest BCUT2D eigenvalue weighted by Gasteiger charge is 2.42. The first-order valence-corrected chi connectivity index (χ1v) is 39.7. The molecule has 47 nitrogen and oxygen atoms in total. The molecule has 48 heteroatoms. The minimum absolute atomic E-state index is 0.175. The SMILES string of the molecule is CC1NC(=O)C(CC(=O)O)NC(=O)C(CCCNC(=O)OCC2c3ccccc3-c3ccc(S(=O)(=O)O)cc32)NC(=O)CNC(=O)C(NC(=O)C(CC(=O)O)NC(=O)C(CC(N)=O)NC(=O)C(N)Cc2c[nH]c3ccccc23)C(C)OC(=O)C(CC(=O)c2ccccc2N)NC(=O)C(C(C)CC(=O)O)NC(=O)C(CO)NC(=O)CNC(=O)C(CC(=O)O)NC1=O. The van der Waals surface area contributed by atoms with Crippen molar-refractivity contribution in [1.82, 2.24) is 74.1 Å². The highest BCUT2D eigenvalue weighted by Crippen LogP contribution is 2.45. The minimum atomic E-state index is -4.72. The number of rotatable bonds is 30. The van der Waals surface area contributed by atoms with Gasteiger partial charge >= 0.3 is 35.9 Å². The number of carboxylic acid groups (broad SMARTS) is 4. The molecule has 1 aliphatic heterocycles. The van der Waals surface area contributed by atoms with Crippen LogP contribution in [0, 0.1) is 5.92 Å². The number of nitrogens with two attached hydrogens (primary N) is 3. The number of fused-ring (bicyclic) bond motifs is 4. The van der Waals surface area contributed by atoms with E-state index in [0.717, 1.165) is 20.8 Å². The summed E-state index contributed by atoms with van der Waals surface area (Å²) in [5, 5.41) is 78.4. The van der Waals surface area contributed by atoms with Gasteiger partial charge in [0.1, 0.15) is 73.1 Å². The van der Waals surface area contributed by atoms with Gasteiger partial charge in [-0.25, -0.2) is 9.59 Å². The number of esters is 1. The fraction of sp³-hybridized carbons (Fsp3) is 0.403. The van der Waals surface area contributed by atoms with Gasteiger partial charge in [0.25, 0.3) is 10.1 Å². The predicted molar refractivity (Wildman–Crippen MR) is 428 cm³/mol. The standard InChI is InChI=1S/C77H93N17O30S/c1-34(21-60(100)101)64-75(117)92-54(24-56(96)43-14-6-8-15-46(43)78)76(118)124-36(3)65(94-72(114)53(28-63(106)107)91-71(113)50(25-57(80)97)89-67(109)47(79)22-37-29-82-48-16-9-7-11-39(37)48)74(116)84-31-58(98)86-49(17-10-20-81-77(119)123-33-45-41-13-5-4-12-40(41)42-19-18-38(23-44(42)45)125(120,121)122)69(111)90-52(27-62(104)105)70(112)85-35(2)66(108)88-51(26-61(102)103)68(110)83-30-59(99)87-55(32-95)73(115)93-64/h4-9,11-16,18-19,23,29,34-36,45,47,49-55,64-65,82,95H,10,17,20-22,24-28,30-33,78-79H2,1-3H3,(H2,80,97)(H,81,119)(H,83,110)(H,84,116)(H,85,112)(H,86,98)(H,87,99)(H,88,108)(H,89,109)(H,90,111)(H,91,113)(H,92,117)(H,93,115)(H,94,114)(H,100,101)(H,102,103)(H,104,105)(H,106,107)(H,120,121,122). The minimum Gasteiger partial charge on any atom is -0.481 e. The molecule has 0 saturated carbocycles. The van der Waals surface area contributed by atoms with Crippen LogP contribution < -0.4 is 86.3 Å². The highest BCUT2D eigenvalue weighted by atomic mass is 32.2. The van der Waals surface area contributed by atoms with Crippen LogP contribution >= 0.6 is 0 Å². The van der Waals surface area contributed by atoms with Gasteiger partial charge in [0, 0.05) is 47.2 Å². The Kier molecular flexibility index (Phi) is 35.0. The lowest BCUT2D eigenvalue weighted by Gasteiger charge is -2.30. The molecule has 4 aromatic carbocycles. The zero-order chi connectivity index (χ0) is 92.4. The zero-order valence-corrected chi connectivity index (χ0v) is 67.7. The van der Waals surface area contributed by atoms with E-state index in [9.17, 15) is 134 Å². The molecule has 0 bridgehead atoms. The van der Waals surface area contributed by atoms with Crippen molar-refractivity contribution in [2.45, 2.75) is 162 Å². The van der Waals surface area contributed by atoms with Gasteiger partial charge in [0.15, 0.2) is 5.78 Å². The molecule has 1 aliphatic carbocycles. The summed E-state index contributed by atoms with van der Waals surface area (Å²) in [5.74, 6) is -30.9. The number of H-pyrrole nitrogens is 1. The number of nitrogen functional groups attached to an aromatic ring is 1. The number of alkyl carbamates (subject to hydrolysis) is 1. The Morgan fingerprint density at radius 3 is 1.80 bits per heavy atom. The van der Waals surface area contributed by atoms with Crippen molar-refractivity contribution in [3.63, 3.8) is 0 Å². The van der Waals surface area contributed by atoms with Crippen LogP contribution in [0.25, 0.3) is 22.0 Å². The molecule has 2 heterocycles. The molecule has 7 rings (SSSR count). The molecule has 14 atom stereocenters. The van der Waals surface area contributed by atoms with Crippen LogP contribution in [0.5, 0.6) is 0 Å². The van der Waals surface area contributed by atoms with Gasteiger partial charge in [-0.2, -0.15) is 8.42 Å². The molecule has 14 amide bonds. The number of aliphatic carboxylic acids is 4. The van der Waals surface area contributed by atoms with Crippen LogP contribution in [0.4, 0.5) is 10.5 Å². The number of aromatic nitrogens is 1. The van der Waals surface area contributed by atoms with Gasteiger partial charge in [0.2, 0.25) is 76.8 Å². The number of aliphatic hydroxyl groups excluding tert-OH is 1. The molecule has 1 saturated heterocycles. The van der Waals surface area contributed by atoms with Crippen LogP contribution in [-0.2, 0) is 112 Å². The van der Waals surface area contributed by atoms with Crippen LogP contribution in [0.3, 0.4) is 0 Å². The van der Waals surface area contributed by atoms with Gasteiger partial charge in [-0.05, 0) is 97.2 Å². The third-order valence-electron chi connectivity index (χ3n) is 19.5. The molecule has 26 N–H and O–H groups in total. The molecule has 0 spiro atoms. The molecular formula is C77H93N17O30S. The molecule has 1 fully saturated rings. The summed E-state index contributed by atoms with van der Waals surface area (Å²) in [6.45, 7) is -1.94. The molecule has 1 aromatic heterocycles. The van der Waals surface area contributed by atoms with E-state index in [1.165, 1.54) is 42.5 Å². The molecule has 14 unspecified atom stereocenters. The van der Waals surface area contributed by atoms with Crippen LogP contribution in [0.15, 0.2) is 102 Å². The van der Waals surface area contributed by atoms with E-state index < -0.39 is 296 Å². The molecule has 125 heavy (non-hydrogen) atoms. The second kappa shape index (κ2) is 44.8. The van der Waals surface area contributed by atoms with Crippen LogP contribution in [0.1, 0.15) is 105 Å². The van der Waals surface area contributed by atoms with E-state index in [4.69, 9.17) is 26.7 Å². The lowest BCUT2D eigenvalue weighted by atomic mass is 9.96. The number of primary amides is 1. The second-order valence-corrected chi connectivity index (χ2v) is 30.4. The summed E-state index contributed by atoms with van der Waals surface area (Å²) >= 11 is 0. The summed E-state index contributed by atoms with van der Waals surface area (Å²) < 4.78 is 45.4. The maximum absolute atomic E-state index is 14.9. The summed E-state index contributed by atoms with van der Waals surface area (Å²) in [6, 6.07) is -0.761. The molecular weight excluding hydrogens is 1680 g/mol. The number of para-hydroxylation sites is 2. The zero-order valence-electron chi connectivity index (χ0n) is 66.8. The van der Waals surface area contributed by atoms with Crippen molar-refractivity contribution in [2.75, 3.05) is 38.6 Å². The number of cyclic esters (lactones) is 1. The van der Waals surface area contributed by atoms with Gasteiger partial charge in [-0.15, -0.1) is 0 Å². The van der Waals surface area contributed by atoms with E-state index in [-0.39, 0.29) is 24.1 Å². The lowest BCUT2D eigenvalue weighted by molar-refractivity contribution is -0.156. The van der Waals surface area contributed by atoms with Crippen molar-refractivity contribution in [1.29, 1.82) is 0 Å². The van der Waals surface area contributed by atoms with E-state index in [0.29, 0.717) is 38.7 Å². The Labute approximate surface area is 708 Å². The highest BCUT2D eigenvalue weighted by molar-refractivity contribution is 7.85. The normalized spacial score (nSPS) is 21.3. The number of aromatic amines is 1. The molecule has 2 aliphatic rings. The van der Waals surface area contributed by atoms with Crippen LogP contribution in [-0.4, -0.2) is 267 Å². The largest absolute Gasteiger partial charge is 0.481 e. The van der Waals surface area contributed by atoms with Gasteiger partial charge in [-0.1, -0.05) is 67.6 Å². The summed E-state index contributed by atoms with van der Waals surface area (Å²) in [7, 11) is -4.72. The first-order chi connectivity index (χ1) is 58.9. The fourth-order valence-electron chi connectivity index (χ4n) is 13.1. The van der Waals surface area contributed by atoms with Gasteiger partial charge < -0.3 is 126 Å². The number of benzene rings is 4. The number of hydrogen-bond acceptors (Lipinski definition) is 27. The Morgan fingerprint density at radius 1 is 0.592 bits per heavy atom. The Morgan fingerprint density at radius 2 is 1.16 bits per heavy atom. The van der Waals surface area contributed by atoms with Crippen molar-refractivity contribution < 1.29 is 144 Å². The van der Waals surface area contributed by atoms with Crippen molar-refractivity contribution >= 4 is 145 Å². The number of aliphatic hydroxyl groups is 1. The Hall–Kier alpha value is -14.6. The molecule has 5 aromatic rings. The van der Waals surface area contributed by atoms with E-state index in [1.54, 1.807) is 54.7 Å². The second-order valence-electron chi connectivity index (χ2n) is 29.0. The third-order valence-corrected chi connectivity index (χ3v) is 20.4. The van der Waals surface area contributed by atoms with E-state index in [1.807, 2.05) is 21.3 Å². The van der Waals surface area contributed by atoms with Crippen molar-refractivity contribution in [2.24, 2.45) is 17.4 Å². The maximum Gasteiger partial charge on any atom is 0.407 e. The Balaban J connectivity index is 1.26. The number of nitrogens with one attached hydrogen (secondary N) is 14. The number of carbonyl (C=O) groups excluding carboxylic acids is 16. The van der Waals surface area contributed by atoms with Gasteiger partial charge in [0.05, 0.1) is 62.7 Å². The predicted octanol–water partition coefficient (Wildman–Crippen LogP) is -6.09. The fourth-order valence-corrected chi connectivity index (χ4v) is 13.7. The number of carboxylic acids is 4. The summed E-state index contributed by atoms with van der Waals surface area (Å²) in [5.41, 5.74) is 20.6. The molecule has 672 valence electrons. The number of Topliss-reactive ketones (excluding diaryl/α,β-unsaturated/α-hetero) is 1. The smallest absolute Gasteiger partial charge is 0.407 e. The van der Waals surface area contributed by atoms with Crippen LogP contribution in [0.2, 0.25) is 0 Å². The van der Waals surface area contributed by atoms with Crippen molar-refractivity contribution in [3.05, 3.63) is 119 Å². The number of ketones is 1. The number of carbonyl (C=O) groups is 20. The number of ether oxygens (including phenoxy) is 2.